The summed E-state index contributed by atoms with van der Waals surface area (Å²) >= 11 is 0. The molecule has 7 nitrogen and oxygen atoms in total. The van der Waals surface area contributed by atoms with Crippen LogP contribution in [-0.4, -0.2) is 26.7 Å². The summed E-state index contributed by atoms with van der Waals surface area (Å²) < 4.78 is 6.59. The Balaban J connectivity index is 1.78. The molecule has 0 unspecified atom stereocenters. The topological polar surface area (TPSA) is 90.5 Å². The maximum Gasteiger partial charge on any atom is 0.411 e. The number of fused-ring (bicyclic) bond motifs is 1. The first-order chi connectivity index (χ1) is 11.3. The summed E-state index contributed by atoms with van der Waals surface area (Å²) in [5.41, 5.74) is 7.56. The van der Waals surface area contributed by atoms with Crippen LogP contribution < -0.4 is 5.73 Å². The average Bonchev–Trinajstić information content (AvgIpc) is 3.01. The van der Waals surface area contributed by atoms with E-state index in [-0.39, 0.29) is 24.9 Å². The van der Waals surface area contributed by atoms with E-state index in [9.17, 15) is 9.59 Å². The molecule has 2 N–H and O–H groups in total. The van der Waals surface area contributed by atoms with Crippen molar-refractivity contribution < 1.29 is 14.3 Å². The van der Waals surface area contributed by atoms with E-state index in [0.29, 0.717) is 11.3 Å². The zero-order chi connectivity index (χ0) is 17.5. The summed E-state index contributed by atoms with van der Waals surface area (Å²) in [7, 11) is 0. The number of nitrogen functional groups attached to an aromatic ring is 1. The first-order valence-electron chi connectivity index (χ1n) is 7.69. The van der Waals surface area contributed by atoms with Crippen LogP contribution in [0, 0.1) is 0 Å². The minimum atomic E-state index is -0.697. The van der Waals surface area contributed by atoms with Gasteiger partial charge in [-0.3, -0.25) is 9.69 Å². The molecule has 0 saturated heterocycles. The second-order valence-electron chi connectivity index (χ2n) is 6.33. The van der Waals surface area contributed by atoms with Crippen LogP contribution in [0.4, 0.5) is 10.6 Å². The highest BCUT2D eigenvalue weighted by molar-refractivity contribution is 5.80. The van der Waals surface area contributed by atoms with Crippen LogP contribution in [0.5, 0.6) is 0 Å². The van der Waals surface area contributed by atoms with Crippen LogP contribution in [0.1, 0.15) is 42.4 Å². The number of aromatic nitrogens is 2. The largest absolute Gasteiger partial charge is 0.445 e. The fourth-order valence-corrected chi connectivity index (χ4v) is 2.92. The van der Waals surface area contributed by atoms with Gasteiger partial charge in [0.25, 0.3) is 0 Å². The number of ether oxygens (including phenoxy) is 1. The summed E-state index contributed by atoms with van der Waals surface area (Å²) in [5, 5.41) is 4.29. The molecular weight excluding hydrogens is 308 g/mol. The maximum atomic E-state index is 12.5. The molecule has 2 heterocycles. The van der Waals surface area contributed by atoms with Crippen molar-refractivity contribution in [3.63, 3.8) is 0 Å². The summed E-state index contributed by atoms with van der Waals surface area (Å²) in [5.74, 6) is 0.0276. The van der Waals surface area contributed by atoms with Crippen LogP contribution >= 0.6 is 0 Å². The van der Waals surface area contributed by atoms with Gasteiger partial charge in [0.05, 0.1) is 17.8 Å². The van der Waals surface area contributed by atoms with Crippen LogP contribution in [0.15, 0.2) is 30.3 Å². The standard InChI is InChI=1S/C17H20N4O3/c1-11(22)21-15(18)13-9-20(17(2,3)14(13)19-21)16(23)24-10-12-7-5-4-6-8-12/h4-8H,9-10,18H2,1-3H3. The van der Waals surface area contributed by atoms with Gasteiger partial charge < -0.3 is 10.5 Å². The quantitative estimate of drug-likeness (QED) is 0.914. The van der Waals surface area contributed by atoms with Crippen molar-refractivity contribution in [3.8, 4) is 0 Å². The molecule has 1 aliphatic rings. The fourth-order valence-electron chi connectivity index (χ4n) is 2.92. The van der Waals surface area contributed by atoms with Crippen LogP contribution in [0.2, 0.25) is 0 Å². The number of amides is 1. The molecule has 0 bridgehead atoms. The third-order valence-electron chi connectivity index (χ3n) is 4.32. The molecule has 126 valence electrons. The summed E-state index contributed by atoms with van der Waals surface area (Å²) in [4.78, 5) is 25.6. The number of hydrogen-bond acceptors (Lipinski definition) is 5. The number of anilines is 1. The first kappa shape index (κ1) is 16.0. The Labute approximate surface area is 140 Å². The van der Waals surface area contributed by atoms with E-state index in [1.807, 2.05) is 44.2 Å². The predicted octanol–water partition coefficient (Wildman–Crippen LogP) is 2.51. The van der Waals surface area contributed by atoms with E-state index in [1.54, 1.807) is 4.90 Å². The van der Waals surface area contributed by atoms with E-state index in [1.165, 1.54) is 11.6 Å². The van der Waals surface area contributed by atoms with Crippen molar-refractivity contribution in [2.24, 2.45) is 0 Å². The number of hydrogen-bond donors (Lipinski definition) is 1. The Morgan fingerprint density at radius 2 is 1.96 bits per heavy atom. The lowest BCUT2D eigenvalue weighted by Crippen LogP contribution is -2.41. The molecule has 0 saturated carbocycles. The van der Waals surface area contributed by atoms with Gasteiger partial charge >= 0.3 is 6.09 Å². The number of carbonyl (C=O) groups excluding carboxylic acids is 2. The molecule has 2 aromatic rings. The smallest absolute Gasteiger partial charge is 0.411 e. The van der Waals surface area contributed by atoms with Gasteiger partial charge in [-0.05, 0) is 19.4 Å². The van der Waals surface area contributed by atoms with Gasteiger partial charge in [-0.15, -0.1) is 0 Å². The van der Waals surface area contributed by atoms with E-state index in [0.717, 1.165) is 5.56 Å². The third kappa shape index (κ3) is 2.51. The van der Waals surface area contributed by atoms with Gasteiger partial charge in [0.15, 0.2) is 0 Å². The highest BCUT2D eigenvalue weighted by Crippen LogP contribution is 2.40. The normalized spacial score (nSPS) is 15.2. The third-order valence-corrected chi connectivity index (χ3v) is 4.32. The Morgan fingerprint density at radius 1 is 1.29 bits per heavy atom. The van der Waals surface area contributed by atoms with E-state index in [4.69, 9.17) is 10.5 Å². The van der Waals surface area contributed by atoms with Gasteiger partial charge in [-0.1, -0.05) is 30.3 Å². The lowest BCUT2D eigenvalue weighted by Gasteiger charge is -2.30. The van der Waals surface area contributed by atoms with Gasteiger partial charge in [0, 0.05) is 12.5 Å². The van der Waals surface area contributed by atoms with Crippen molar-refractivity contribution in [1.82, 2.24) is 14.7 Å². The zero-order valence-corrected chi connectivity index (χ0v) is 13.9. The second-order valence-corrected chi connectivity index (χ2v) is 6.33. The molecule has 7 heteroatoms. The van der Waals surface area contributed by atoms with E-state index >= 15 is 0 Å². The molecule has 0 radical (unpaired) electrons. The summed E-state index contributed by atoms with van der Waals surface area (Å²) in [6.45, 7) is 5.60. The molecule has 0 aliphatic carbocycles. The second kappa shape index (κ2) is 5.67. The van der Waals surface area contributed by atoms with Crippen molar-refractivity contribution >= 4 is 17.8 Å². The Hall–Kier alpha value is -2.83. The molecule has 1 aromatic heterocycles. The number of nitrogens with zero attached hydrogens (tertiary/aromatic N) is 3. The molecule has 24 heavy (non-hydrogen) atoms. The zero-order valence-electron chi connectivity index (χ0n) is 13.9. The summed E-state index contributed by atoms with van der Waals surface area (Å²) in [6, 6.07) is 9.48. The number of carbonyl (C=O) groups is 2. The minimum absolute atomic E-state index is 0.201. The van der Waals surface area contributed by atoms with Gasteiger partial charge in [-0.2, -0.15) is 9.78 Å². The predicted molar refractivity (Wildman–Crippen MR) is 88.1 cm³/mol. The molecule has 3 rings (SSSR count). The van der Waals surface area contributed by atoms with Crippen molar-refractivity contribution in [1.29, 1.82) is 0 Å². The monoisotopic (exact) mass is 328 g/mol. The van der Waals surface area contributed by atoms with Crippen molar-refractivity contribution in [2.75, 3.05) is 5.73 Å². The minimum Gasteiger partial charge on any atom is -0.445 e. The molecule has 0 fully saturated rings. The maximum absolute atomic E-state index is 12.5. The van der Waals surface area contributed by atoms with E-state index in [2.05, 4.69) is 5.10 Å². The van der Waals surface area contributed by atoms with Crippen molar-refractivity contribution in [3.05, 3.63) is 47.2 Å². The number of rotatable bonds is 2. The van der Waals surface area contributed by atoms with Crippen LogP contribution in [0.25, 0.3) is 0 Å². The fraction of sp³-hybridized carbons (Fsp3) is 0.353. The van der Waals surface area contributed by atoms with Gasteiger partial charge in [0.1, 0.15) is 12.4 Å². The van der Waals surface area contributed by atoms with Gasteiger partial charge in [0.2, 0.25) is 5.91 Å². The molecular formula is C17H20N4O3. The number of nitrogens with two attached hydrogens (primary N) is 1. The molecule has 0 spiro atoms. The van der Waals surface area contributed by atoms with Crippen LogP contribution in [0.3, 0.4) is 0 Å². The van der Waals surface area contributed by atoms with Crippen molar-refractivity contribution in [2.45, 2.75) is 39.5 Å². The number of benzene rings is 1. The lowest BCUT2D eigenvalue weighted by molar-refractivity contribution is 0.0601. The highest BCUT2D eigenvalue weighted by atomic mass is 16.6. The lowest BCUT2D eigenvalue weighted by atomic mass is 10.0. The molecule has 1 amide bonds. The van der Waals surface area contributed by atoms with E-state index < -0.39 is 11.6 Å². The average molecular weight is 328 g/mol. The molecule has 1 aliphatic heterocycles. The Kier molecular flexibility index (Phi) is 3.79. The SMILES string of the molecule is CC(=O)n1nc2c(c1N)CN(C(=O)OCc1ccccc1)C2(C)C. The molecule has 0 atom stereocenters. The van der Waals surface area contributed by atoms with Gasteiger partial charge in [-0.25, -0.2) is 4.79 Å². The Bertz CT molecular complexity index is 796. The first-order valence-corrected chi connectivity index (χ1v) is 7.69. The Morgan fingerprint density at radius 3 is 2.54 bits per heavy atom. The molecule has 1 aromatic carbocycles. The highest BCUT2D eigenvalue weighted by Gasteiger charge is 2.45. The summed E-state index contributed by atoms with van der Waals surface area (Å²) in [6.07, 6.45) is -0.435. The van der Waals surface area contributed by atoms with Crippen LogP contribution in [-0.2, 0) is 23.4 Å².